The molecule has 3 rings (SSSR count). The van der Waals surface area contributed by atoms with E-state index in [9.17, 15) is 24.4 Å². The van der Waals surface area contributed by atoms with Crippen molar-refractivity contribution in [2.24, 2.45) is 0 Å². The number of carboxylic acid groups (broad SMARTS) is 1. The molecular formula is C21H19FN2O5. The molecule has 2 N–H and O–H groups in total. The van der Waals surface area contributed by atoms with Gasteiger partial charge in [-0.05, 0) is 37.6 Å². The van der Waals surface area contributed by atoms with E-state index in [2.05, 4.69) is 5.32 Å². The van der Waals surface area contributed by atoms with Crippen molar-refractivity contribution in [2.75, 3.05) is 0 Å². The van der Waals surface area contributed by atoms with Gasteiger partial charge in [0.05, 0.1) is 16.2 Å². The van der Waals surface area contributed by atoms with Gasteiger partial charge in [0.15, 0.2) is 0 Å². The number of carboxylic acids is 1. The number of dihydropyridines is 1. The van der Waals surface area contributed by atoms with Crippen LogP contribution in [0.5, 0.6) is 5.75 Å². The number of carbonyl (C=O) groups is 1. The maximum atomic E-state index is 13.1. The first-order chi connectivity index (χ1) is 13.8. The van der Waals surface area contributed by atoms with Crippen LogP contribution in [0.25, 0.3) is 0 Å². The molecule has 0 aliphatic carbocycles. The molecule has 0 saturated carbocycles. The van der Waals surface area contributed by atoms with E-state index < -0.39 is 16.8 Å². The van der Waals surface area contributed by atoms with Gasteiger partial charge in [0.25, 0.3) is 5.70 Å². The number of allylic oxidation sites excluding steroid dienone is 3. The molecule has 0 amide bonds. The topological polar surface area (TPSA) is 102 Å². The van der Waals surface area contributed by atoms with Gasteiger partial charge < -0.3 is 15.2 Å². The van der Waals surface area contributed by atoms with E-state index in [1.807, 2.05) is 0 Å². The number of ether oxygens (including phenoxy) is 1. The van der Waals surface area contributed by atoms with Crippen LogP contribution >= 0.6 is 0 Å². The third kappa shape index (κ3) is 4.11. The fraction of sp³-hybridized carbons (Fsp3) is 0.190. The van der Waals surface area contributed by atoms with E-state index >= 15 is 0 Å². The molecule has 0 aromatic heterocycles. The number of hydrogen-bond donors (Lipinski definition) is 2. The Morgan fingerprint density at radius 1 is 1.17 bits per heavy atom. The largest absolute Gasteiger partial charge is 0.489 e. The highest BCUT2D eigenvalue weighted by atomic mass is 19.1. The Labute approximate surface area is 166 Å². The molecule has 7 nitrogen and oxygen atoms in total. The maximum Gasteiger partial charge on any atom is 0.334 e. The van der Waals surface area contributed by atoms with Crippen LogP contribution in [0.2, 0.25) is 0 Å². The second kappa shape index (κ2) is 8.14. The number of aliphatic carboxylic acids is 1. The average Bonchev–Trinajstić information content (AvgIpc) is 2.66. The van der Waals surface area contributed by atoms with Crippen LogP contribution in [0.15, 0.2) is 71.2 Å². The van der Waals surface area contributed by atoms with Crippen molar-refractivity contribution < 1.29 is 24.0 Å². The van der Waals surface area contributed by atoms with Crippen LogP contribution < -0.4 is 10.1 Å². The summed E-state index contributed by atoms with van der Waals surface area (Å²) in [6.45, 7) is 3.21. The van der Waals surface area contributed by atoms with Crippen molar-refractivity contribution in [3.63, 3.8) is 0 Å². The Morgan fingerprint density at radius 3 is 2.45 bits per heavy atom. The molecule has 0 bridgehead atoms. The van der Waals surface area contributed by atoms with E-state index in [1.165, 1.54) is 19.1 Å². The predicted octanol–water partition coefficient (Wildman–Crippen LogP) is 3.96. The summed E-state index contributed by atoms with van der Waals surface area (Å²) in [5.41, 5.74) is 1.33. The number of rotatable bonds is 6. The monoisotopic (exact) mass is 398 g/mol. The van der Waals surface area contributed by atoms with Crippen molar-refractivity contribution in [3.8, 4) is 5.75 Å². The molecule has 1 atom stereocenters. The molecule has 8 heteroatoms. The minimum atomic E-state index is -1.25. The van der Waals surface area contributed by atoms with Gasteiger partial charge >= 0.3 is 5.97 Å². The number of nitro groups is 1. The zero-order chi connectivity index (χ0) is 21.1. The molecular weight excluding hydrogens is 379 g/mol. The fourth-order valence-electron chi connectivity index (χ4n) is 3.40. The molecule has 0 radical (unpaired) electrons. The summed E-state index contributed by atoms with van der Waals surface area (Å²) in [4.78, 5) is 23.1. The van der Waals surface area contributed by atoms with Crippen molar-refractivity contribution in [3.05, 3.63) is 98.3 Å². The second-order valence-corrected chi connectivity index (χ2v) is 6.62. The molecule has 1 heterocycles. The summed E-state index contributed by atoms with van der Waals surface area (Å²) < 4.78 is 18.9. The molecule has 2 aromatic rings. The van der Waals surface area contributed by atoms with E-state index in [4.69, 9.17) is 4.74 Å². The molecule has 1 unspecified atom stereocenters. The first kappa shape index (κ1) is 20.1. The number of benzene rings is 2. The highest BCUT2D eigenvalue weighted by molar-refractivity contribution is 5.91. The highest BCUT2D eigenvalue weighted by Crippen LogP contribution is 2.42. The lowest BCUT2D eigenvalue weighted by molar-refractivity contribution is -0.431. The van der Waals surface area contributed by atoms with Crippen molar-refractivity contribution in [1.82, 2.24) is 5.32 Å². The molecule has 29 heavy (non-hydrogen) atoms. The SMILES string of the molecule is CC1=C(C(=O)O)C(c2ccccc2OCc2ccc(F)cc2)C([N+](=O)[O-])=C(C)N1. The van der Waals surface area contributed by atoms with Gasteiger partial charge in [0, 0.05) is 11.3 Å². The Kier molecular flexibility index (Phi) is 5.63. The number of nitrogens with zero attached hydrogens (tertiary/aromatic N) is 1. The van der Waals surface area contributed by atoms with Gasteiger partial charge in [0.2, 0.25) is 0 Å². The van der Waals surface area contributed by atoms with Crippen LogP contribution in [0.1, 0.15) is 30.9 Å². The quantitative estimate of drug-likeness (QED) is 0.564. The standard InChI is InChI=1S/C21H19FN2O5/c1-12-18(21(25)26)19(20(24(27)28)13(2)23-12)16-5-3-4-6-17(16)29-11-14-7-9-15(22)10-8-14/h3-10,19,23H,11H2,1-2H3,(H,25,26). The first-order valence-corrected chi connectivity index (χ1v) is 8.82. The van der Waals surface area contributed by atoms with Gasteiger partial charge in [-0.25, -0.2) is 9.18 Å². The number of para-hydroxylation sites is 1. The van der Waals surface area contributed by atoms with Gasteiger partial charge in [-0.15, -0.1) is 0 Å². The molecule has 0 fully saturated rings. The molecule has 2 aromatic carbocycles. The normalized spacial score (nSPS) is 16.4. The Morgan fingerprint density at radius 2 is 1.83 bits per heavy atom. The van der Waals surface area contributed by atoms with Gasteiger partial charge in [0.1, 0.15) is 24.1 Å². The van der Waals surface area contributed by atoms with Gasteiger partial charge in [-0.3, -0.25) is 10.1 Å². The minimum Gasteiger partial charge on any atom is -0.489 e. The summed E-state index contributed by atoms with van der Waals surface area (Å²) in [6, 6.07) is 12.4. The Balaban J connectivity index is 2.05. The highest BCUT2D eigenvalue weighted by Gasteiger charge is 2.41. The fourth-order valence-corrected chi connectivity index (χ4v) is 3.40. The third-order valence-electron chi connectivity index (χ3n) is 4.69. The average molecular weight is 398 g/mol. The second-order valence-electron chi connectivity index (χ2n) is 6.62. The Bertz CT molecular complexity index is 992. The third-order valence-corrected chi connectivity index (χ3v) is 4.69. The zero-order valence-corrected chi connectivity index (χ0v) is 15.8. The van der Waals surface area contributed by atoms with Crippen molar-refractivity contribution >= 4 is 5.97 Å². The van der Waals surface area contributed by atoms with Crippen LogP contribution in [0.4, 0.5) is 4.39 Å². The lowest BCUT2D eigenvalue weighted by Crippen LogP contribution is -2.31. The minimum absolute atomic E-state index is 0.101. The van der Waals surface area contributed by atoms with Crippen molar-refractivity contribution in [1.29, 1.82) is 0 Å². The maximum absolute atomic E-state index is 13.1. The number of hydrogen-bond acceptors (Lipinski definition) is 5. The summed E-state index contributed by atoms with van der Waals surface area (Å²) in [5.74, 6) is -2.40. The van der Waals surface area contributed by atoms with Gasteiger partial charge in [-0.2, -0.15) is 0 Å². The van der Waals surface area contributed by atoms with Crippen molar-refractivity contribution in [2.45, 2.75) is 26.4 Å². The molecule has 1 aliphatic rings. The van der Waals surface area contributed by atoms with E-state index in [0.717, 1.165) is 0 Å². The van der Waals surface area contributed by atoms with Crippen LogP contribution in [-0.2, 0) is 11.4 Å². The zero-order valence-electron chi connectivity index (χ0n) is 15.8. The van der Waals surface area contributed by atoms with Crippen LogP contribution in [0, 0.1) is 15.9 Å². The lowest BCUT2D eigenvalue weighted by atomic mass is 9.83. The van der Waals surface area contributed by atoms with E-state index in [1.54, 1.807) is 43.3 Å². The number of halogens is 1. The Hall–Kier alpha value is -3.68. The molecule has 1 aliphatic heterocycles. The smallest absolute Gasteiger partial charge is 0.334 e. The summed E-state index contributed by atoms with van der Waals surface area (Å²) in [5, 5.41) is 24.3. The molecule has 0 spiro atoms. The molecule has 150 valence electrons. The predicted molar refractivity (Wildman–Crippen MR) is 103 cm³/mol. The summed E-state index contributed by atoms with van der Waals surface area (Å²) >= 11 is 0. The van der Waals surface area contributed by atoms with E-state index in [-0.39, 0.29) is 29.4 Å². The first-order valence-electron chi connectivity index (χ1n) is 8.82. The van der Waals surface area contributed by atoms with Crippen LogP contribution in [-0.4, -0.2) is 16.0 Å². The summed E-state index contributed by atoms with van der Waals surface area (Å²) in [7, 11) is 0. The molecule has 0 saturated heterocycles. The van der Waals surface area contributed by atoms with Crippen LogP contribution in [0.3, 0.4) is 0 Å². The number of nitrogens with one attached hydrogen (secondary N) is 1. The van der Waals surface area contributed by atoms with Gasteiger partial charge in [-0.1, -0.05) is 30.3 Å². The lowest BCUT2D eigenvalue weighted by Gasteiger charge is -2.26. The van der Waals surface area contributed by atoms with E-state index in [0.29, 0.717) is 22.6 Å². The summed E-state index contributed by atoms with van der Waals surface area (Å²) in [6.07, 6.45) is 0.